The van der Waals surface area contributed by atoms with E-state index in [4.69, 9.17) is 0 Å². The first-order valence-electron chi connectivity index (χ1n) is 7.55. The molecule has 0 saturated carbocycles. The highest BCUT2D eigenvalue weighted by Gasteiger charge is 2.17. The molecule has 1 aliphatic rings. The molecule has 1 saturated heterocycles. The molecule has 2 aromatic rings. The van der Waals surface area contributed by atoms with E-state index in [1.165, 1.54) is 33.7 Å². The van der Waals surface area contributed by atoms with Gasteiger partial charge in [0, 0.05) is 28.0 Å². The highest BCUT2D eigenvalue weighted by atomic mass is 32.1. The standard InChI is InChI=1S/C18H22N2S/c1-13-9-10-18(21-13)16-7-4-3-6-15(16)12-20-14(2)17-8-5-11-19-17/h3-4,6-7,9-10,17,19-20H,2,5,8,11-12H2,1H3. The minimum atomic E-state index is 0.432. The van der Waals surface area contributed by atoms with E-state index in [1.807, 2.05) is 11.3 Å². The minimum absolute atomic E-state index is 0.432. The number of rotatable bonds is 5. The van der Waals surface area contributed by atoms with Crippen LogP contribution < -0.4 is 10.6 Å². The molecule has 0 radical (unpaired) electrons. The fourth-order valence-electron chi connectivity index (χ4n) is 2.81. The van der Waals surface area contributed by atoms with Crippen LogP contribution in [0.4, 0.5) is 0 Å². The maximum Gasteiger partial charge on any atom is 0.0464 e. The maximum absolute atomic E-state index is 4.19. The number of nitrogens with one attached hydrogen (secondary N) is 2. The lowest BCUT2D eigenvalue weighted by atomic mass is 10.1. The first kappa shape index (κ1) is 14.4. The van der Waals surface area contributed by atoms with Gasteiger partial charge in [-0.05, 0) is 49.6 Å². The molecule has 0 spiro atoms. The third-order valence-electron chi connectivity index (χ3n) is 4.01. The molecule has 0 amide bonds. The third kappa shape index (κ3) is 3.36. The van der Waals surface area contributed by atoms with Crippen molar-refractivity contribution < 1.29 is 0 Å². The Morgan fingerprint density at radius 2 is 2.19 bits per heavy atom. The molecule has 2 nitrogen and oxygen atoms in total. The van der Waals surface area contributed by atoms with E-state index in [2.05, 4.69) is 60.5 Å². The fourth-order valence-corrected chi connectivity index (χ4v) is 3.74. The number of hydrogen-bond acceptors (Lipinski definition) is 3. The average Bonchev–Trinajstić information content (AvgIpc) is 3.16. The summed E-state index contributed by atoms with van der Waals surface area (Å²) in [5.74, 6) is 0. The van der Waals surface area contributed by atoms with Gasteiger partial charge >= 0.3 is 0 Å². The van der Waals surface area contributed by atoms with Crippen LogP contribution in [0.15, 0.2) is 48.7 Å². The number of benzene rings is 1. The second-order valence-corrected chi connectivity index (χ2v) is 6.88. The molecule has 110 valence electrons. The van der Waals surface area contributed by atoms with Crippen molar-refractivity contribution in [1.29, 1.82) is 0 Å². The lowest BCUT2D eigenvalue weighted by molar-refractivity contribution is 0.621. The van der Waals surface area contributed by atoms with Gasteiger partial charge in [0.25, 0.3) is 0 Å². The quantitative estimate of drug-likeness (QED) is 0.869. The van der Waals surface area contributed by atoms with Gasteiger partial charge in [-0.15, -0.1) is 11.3 Å². The molecule has 1 aromatic carbocycles. The van der Waals surface area contributed by atoms with Gasteiger partial charge in [0.15, 0.2) is 0 Å². The van der Waals surface area contributed by atoms with Crippen LogP contribution >= 0.6 is 11.3 Å². The van der Waals surface area contributed by atoms with E-state index < -0.39 is 0 Å². The molecule has 3 heteroatoms. The van der Waals surface area contributed by atoms with Crippen molar-refractivity contribution in [2.24, 2.45) is 0 Å². The molecule has 1 aliphatic heterocycles. The summed E-state index contributed by atoms with van der Waals surface area (Å²) in [6.07, 6.45) is 2.44. The Morgan fingerprint density at radius 3 is 2.90 bits per heavy atom. The second-order valence-electron chi connectivity index (χ2n) is 5.60. The molecule has 0 aliphatic carbocycles. The van der Waals surface area contributed by atoms with Crippen molar-refractivity contribution in [3.8, 4) is 10.4 Å². The van der Waals surface area contributed by atoms with Gasteiger partial charge in [0.1, 0.15) is 0 Å². The lowest BCUT2D eigenvalue weighted by Crippen LogP contribution is -2.30. The molecule has 3 rings (SSSR count). The summed E-state index contributed by atoms with van der Waals surface area (Å²) in [7, 11) is 0. The SMILES string of the molecule is C=C(NCc1ccccc1-c1ccc(C)s1)C1CCCN1. The summed E-state index contributed by atoms with van der Waals surface area (Å²) in [5.41, 5.74) is 3.78. The van der Waals surface area contributed by atoms with E-state index in [0.29, 0.717) is 6.04 Å². The van der Waals surface area contributed by atoms with E-state index >= 15 is 0 Å². The molecule has 0 bridgehead atoms. The first-order valence-corrected chi connectivity index (χ1v) is 8.36. The molecule has 1 atom stereocenters. The van der Waals surface area contributed by atoms with Gasteiger partial charge in [0.05, 0.1) is 0 Å². The zero-order valence-electron chi connectivity index (χ0n) is 12.5. The van der Waals surface area contributed by atoms with Gasteiger partial charge < -0.3 is 10.6 Å². The Bertz CT molecular complexity index is 624. The predicted octanol–water partition coefficient (Wildman–Crippen LogP) is 4.08. The summed E-state index contributed by atoms with van der Waals surface area (Å²) in [4.78, 5) is 2.70. The van der Waals surface area contributed by atoms with Gasteiger partial charge in [0.2, 0.25) is 0 Å². The monoisotopic (exact) mass is 298 g/mol. The number of thiophene rings is 1. The molecule has 1 unspecified atom stereocenters. The van der Waals surface area contributed by atoms with E-state index in [0.717, 1.165) is 18.8 Å². The van der Waals surface area contributed by atoms with Crippen LogP contribution in [-0.4, -0.2) is 12.6 Å². The smallest absolute Gasteiger partial charge is 0.0464 e. The maximum atomic E-state index is 4.19. The van der Waals surface area contributed by atoms with Crippen LogP contribution in [0.5, 0.6) is 0 Å². The molecule has 2 N–H and O–H groups in total. The number of hydrogen-bond donors (Lipinski definition) is 2. The highest BCUT2D eigenvalue weighted by Crippen LogP contribution is 2.30. The molecule has 2 heterocycles. The van der Waals surface area contributed by atoms with Crippen molar-refractivity contribution in [2.75, 3.05) is 6.54 Å². The first-order chi connectivity index (χ1) is 10.2. The van der Waals surface area contributed by atoms with E-state index in [1.54, 1.807) is 0 Å². The molecular weight excluding hydrogens is 276 g/mol. The Kier molecular flexibility index (Phi) is 4.42. The van der Waals surface area contributed by atoms with Crippen molar-refractivity contribution in [2.45, 2.75) is 32.4 Å². The van der Waals surface area contributed by atoms with Crippen LogP contribution in [0.2, 0.25) is 0 Å². The Hall–Kier alpha value is -1.58. The average molecular weight is 298 g/mol. The summed E-state index contributed by atoms with van der Waals surface area (Å²) in [6, 6.07) is 13.5. The van der Waals surface area contributed by atoms with Crippen molar-refractivity contribution in [3.63, 3.8) is 0 Å². The lowest BCUT2D eigenvalue weighted by Gasteiger charge is -2.17. The van der Waals surface area contributed by atoms with Gasteiger partial charge in [-0.3, -0.25) is 0 Å². The van der Waals surface area contributed by atoms with Crippen LogP contribution in [0.1, 0.15) is 23.3 Å². The van der Waals surface area contributed by atoms with Crippen LogP contribution in [-0.2, 0) is 6.54 Å². The van der Waals surface area contributed by atoms with Gasteiger partial charge in [-0.25, -0.2) is 0 Å². The molecule has 1 fully saturated rings. The normalized spacial score (nSPS) is 17.9. The zero-order valence-corrected chi connectivity index (χ0v) is 13.3. The fraction of sp³-hybridized carbons (Fsp3) is 0.333. The topological polar surface area (TPSA) is 24.1 Å². The van der Waals surface area contributed by atoms with Crippen molar-refractivity contribution in [3.05, 3.63) is 59.1 Å². The summed E-state index contributed by atoms with van der Waals surface area (Å²) in [6.45, 7) is 8.29. The largest absolute Gasteiger partial charge is 0.383 e. The molecule has 1 aromatic heterocycles. The van der Waals surface area contributed by atoms with Crippen LogP contribution in [0, 0.1) is 6.92 Å². The van der Waals surface area contributed by atoms with Crippen molar-refractivity contribution >= 4 is 11.3 Å². The Balaban J connectivity index is 1.72. The minimum Gasteiger partial charge on any atom is -0.383 e. The van der Waals surface area contributed by atoms with Crippen LogP contribution in [0.3, 0.4) is 0 Å². The predicted molar refractivity (Wildman–Crippen MR) is 91.5 cm³/mol. The van der Waals surface area contributed by atoms with E-state index in [9.17, 15) is 0 Å². The zero-order chi connectivity index (χ0) is 14.7. The summed E-state index contributed by atoms with van der Waals surface area (Å²) >= 11 is 1.85. The second kappa shape index (κ2) is 6.46. The van der Waals surface area contributed by atoms with E-state index in [-0.39, 0.29) is 0 Å². The molecular formula is C18H22N2S. The Morgan fingerprint density at radius 1 is 1.33 bits per heavy atom. The number of aryl methyl sites for hydroxylation is 1. The molecule has 21 heavy (non-hydrogen) atoms. The summed E-state index contributed by atoms with van der Waals surface area (Å²) in [5, 5.41) is 6.99. The van der Waals surface area contributed by atoms with Gasteiger partial charge in [-0.2, -0.15) is 0 Å². The van der Waals surface area contributed by atoms with Gasteiger partial charge in [-0.1, -0.05) is 30.8 Å². The van der Waals surface area contributed by atoms with Crippen LogP contribution in [0.25, 0.3) is 10.4 Å². The van der Waals surface area contributed by atoms with Crippen molar-refractivity contribution in [1.82, 2.24) is 10.6 Å². The highest BCUT2D eigenvalue weighted by molar-refractivity contribution is 7.15. The third-order valence-corrected chi connectivity index (χ3v) is 5.04. The summed E-state index contributed by atoms with van der Waals surface area (Å²) < 4.78 is 0. The Labute approximate surface area is 130 Å².